The summed E-state index contributed by atoms with van der Waals surface area (Å²) >= 11 is 0. The number of carbonyl (C=O) groups is 2. The monoisotopic (exact) mass is 431 g/mol. The number of fused-ring (bicyclic) bond motifs is 1. The number of quaternary nitrogens is 1. The van der Waals surface area contributed by atoms with Crippen LogP contribution < -0.4 is 5.11 Å². The number of hydrogen-bond acceptors (Lipinski definition) is 3. The van der Waals surface area contributed by atoms with Gasteiger partial charge in [0.15, 0.2) is 0 Å². The number of nitrogens with zero attached hydrogens (tertiary/aromatic N) is 1. The van der Waals surface area contributed by atoms with E-state index in [9.17, 15) is 19.8 Å². The second kappa shape index (κ2) is 12.8. The Labute approximate surface area is 188 Å². The van der Waals surface area contributed by atoms with Gasteiger partial charge in [-0.25, -0.2) is 4.79 Å². The molecule has 1 aromatic rings. The third-order valence-corrected chi connectivity index (χ3v) is 6.77. The zero-order valence-electron chi connectivity index (χ0n) is 19.6. The number of benzene rings is 1. The summed E-state index contributed by atoms with van der Waals surface area (Å²) in [6.45, 7) is 8.24. The highest BCUT2D eigenvalue weighted by atomic mass is 16.4. The van der Waals surface area contributed by atoms with E-state index in [0.29, 0.717) is 0 Å². The zero-order chi connectivity index (χ0) is 22.7. The molecule has 0 unspecified atom stereocenters. The molecule has 1 aliphatic heterocycles. The number of hydrogen-bond donors (Lipinski definition) is 1. The fraction of sp³-hybridized carbons (Fsp3) is 0.692. The molecule has 0 saturated heterocycles. The number of rotatable bonds is 16. The van der Waals surface area contributed by atoms with Gasteiger partial charge < -0.3 is 19.5 Å². The van der Waals surface area contributed by atoms with Crippen molar-refractivity contribution in [2.75, 3.05) is 13.1 Å². The number of carboxylic acid groups (broad SMARTS) is 2. The standard InChI is InChI=1S/C26H41NO4/c1-3-5-7-9-11-13-15-27(16-14-12-10-8-6-4-2)19-21-17-23(25(28)29)24(26(30)31)18-22(21)20-27/h17-18H,3-16,19-20H2,1-2H3,(H-,28,29,30,31). The first-order valence-electron chi connectivity index (χ1n) is 12.4. The number of carbonyl (C=O) groups excluding carboxylic acids is 1. The van der Waals surface area contributed by atoms with Crippen molar-refractivity contribution in [1.82, 2.24) is 0 Å². The molecule has 0 atom stereocenters. The summed E-state index contributed by atoms with van der Waals surface area (Å²) in [5.41, 5.74) is 1.66. The zero-order valence-corrected chi connectivity index (χ0v) is 19.6. The Hall–Kier alpha value is -1.88. The molecule has 1 heterocycles. The van der Waals surface area contributed by atoms with E-state index in [-0.39, 0.29) is 11.1 Å². The van der Waals surface area contributed by atoms with Crippen molar-refractivity contribution >= 4 is 11.9 Å². The van der Waals surface area contributed by atoms with Crippen molar-refractivity contribution in [2.24, 2.45) is 0 Å². The molecule has 0 aromatic heterocycles. The molecule has 0 saturated carbocycles. The summed E-state index contributed by atoms with van der Waals surface area (Å²) in [6, 6.07) is 3.15. The van der Waals surface area contributed by atoms with Gasteiger partial charge in [0.1, 0.15) is 13.1 Å². The van der Waals surface area contributed by atoms with Crippen LogP contribution in [0.25, 0.3) is 0 Å². The van der Waals surface area contributed by atoms with E-state index in [1.54, 1.807) is 12.1 Å². The summed E-state index contributed by atoms with van der Waals surface area (Å²) in [5, 5.41) is 21.0. The van der Waals surface area contributed by atoms with Gasteiger partial charge in [0.2, 0.25) is 0 Å². The molecule has 0 amide bonds. The van der Waals surface area contributed by atoms with Crippen LogP contribution in [0.5, 0.6) is 0 Å². The first-order chi connectivity index (χ1) is 14.9. The fourth-order valence-corrected chi connectivity index (χ4v) is 4.99. The average molecular weight is 432 g/mol. The Kier molecular flexibility index (Phi) is 10.5. The molecule has 0 radical (unpaired) electrons. The highest BCUT2D eigenvalue weighted by Crippen LogP contribution is 2.34. The van der Waals surface area contributed by atoms with E-state index in [1.165, 1.54) is 77.0 Å². The Morgan fingerprint density at radius 1 is 0.774 bits per heavy atom. The number of unbranched alkanes of at least 4 members (excludes halogenated alkanes) is 10. The number of carboxylic acids is 2. The average Bonchev–Trinajstić information content (AvgIpc) is 3.09. The van der Waals surface area contributed by atoms with Crippen molar-refractivity contribution < 1.29 is 24.3 Å². The molecule has 0 fully saturated rings. The third kappa shape index (κ3) is 7.64. The largest absolute Gasteiger partial charge is 0.545 e. The Morgan fingerprint density at radius 3 is 1.61 bits per heavy atom. The van der Waals surface area contributed by atoms with E-state index in [2.05, 4.69) is 13.8 Å². The van der Waals surface area contributed by atoms with E-state index < -0.39 is 11.9 Å². The Balaban J connectivity index is 2.08. The van der Waals surface area contributed by atoms with Gasteiger partial charge in [0.25, 0.3) is 0 Å². The molecule has 5 nitrogen and oxygen atoms in total. The molecule has 2 rings (SSSR count). The van der Waals surface area contributed by atoms with E-state index in [0.717, 1.165) is 41.8 Å². The van der Waals surface area contributed by atoms with Crippen molar-refractivity contribution in [3.8, 4) is 0 Å². The summed E-state index contributed by atoms with van der Waals surface area (Å²) in [7, 11) is 0. The van der Waals surface area contributed by atoms with Crippen LogP contribution in [0, 0.1) is 0 Å². The Bertz CT molecular complexity index is 667. The van der Waals surface area contributed by atoms with Crippen LogP contribution in [-0.2, 0) is 13.1 Å². The molecule has 1 aliphatic rings. The van der Waals surface area contributed by atoms with Crippen LogP contribution in [0.3, 0.4) is 0 Å². The van der Waals surface area contributed by atoms with Gasteiger partial charge in [-0.15, -0.1) is 0 Å². The quantitative estimate of drug-likeness (QED) is 0.285. The maximum absolute atomic E-state index is 11.6. The highest BCUT2D eigenvalue weighted by molar-refractivity contribution is 6.01. The SMILES string of the molecule is CCCCCCCC[N+]1(CCCCCCCC)Cc2cc(C(=O)[O-])c(C(=O)O)cc2C1. The lowest BCUT2D eigenvalue weighted by atomic mass is 10.00. The second-order valence-corrected chi connectivity index (χ2v) is 9.40. The molecule has 31 heavy (non-hydrogen) atoms. The summed E-state index contributed by atoms with van der Waals surface area (Å²) in [4.78, 5) is 23.1. The first kappa shape index (κ1) is 25.4. The lowest BCUT2D eigenvalue weighted by molar-refractivity contribution is -0.947. The molecule has 1 aromatic carbocycles. The van der Waals surface area contributed by atoms with Crippen LogP contribution >= 0.6 is 0 Å². The predicted molar refractivity (Wildman–Crippen MR) is 122 cm³/mol. The van der Waals surface area contributed by atoms with Crippen LogP contribution in [0.15, 0.2) is 12.1 Å². The Morgan fingerprint density at radius 2 is 1.19 bits per heavy atom. The van der Waals surface area contributed by atoms with Gasteiger partial charge in [0.05, 0.1) is 24.6 Å². The molecular formula is C26H41NO4. The number of aromatic carboxylic acids is 2. The molecule has 0 aliphatic carbocycles. The van der Waals surface area contributed by atoms with Crippen molar-refractivity contribution in [2.45, 2.75) is 104 Å². The predicted octanol–water partition coefficient (Wildman–Crippen LogP) is 5.30. The molecule has 0 bridgehead atoms. The van der Waals surface area contributed by atoms with Crippen LogP contribution in [0.1, 0.15) is 123 Å². The minimum Gasteiger partial charge on any atom is -0.545 e. The lowest BCUT2D eigenvalue weighted by Crippen LogP contribution is -2.44. The minimum atomic E-state index is -1.41. The van der Waals surface area contributed by atoms with Crippen molar-refractivity contribution in [3.05, 3.63) is 34.4 Å². The van der Waals surface area contributed by atoms with E-state index in [1.807, 2.05) is 0 Å². The minimum absolute atomic E-state index is 0.141. The molecule has 1 N–H and O–H groups in total. The van der Waals surface area contributed by atoms with E-state index >= 15 is 0 Å². The molecular weight excluding hydrogens is 390 g/mol. The van der Waals surface area contributed by atoms with Gasteiger partial charge in [-0.3, -0.25) is 0 Å². The van der Waals surface area contributed by atoms with Crippen LogP contribution in [0.2, 0.25) is 0 Å². The first-order valence-corrected chi connectivity index (χ1v) is 12.4. The van der Waals surface area contributed by atoms with Crippen molar-refractivity contribution in [1.29, 1.82) is 0 Å². The topological polar surface area (TPSA) is 77.4 Å². The van der Waals surface area contributed by atoms with Crippen molar-refractivity contribution in [3.63, 3.8) is 0 Å². The molecule has 0 spiro atoms. The fourth-order valence-electron chi connectivity index (χ4n) is 4.99. The maximum atomic E-state index is 11.6. The van der Waals surface area contributed by atoms with Crippen LogP contribution in [-0.4, -0.2) is 34.6 Å². The smallest absolute Gasteiger partial charge is 0.336 e. The summed E-state index contributed by atoms with van der Waals surface area (Å²) < 4.78 is 0.937. The molecule has 174 valence electrons. The third-order valence-electron chi connectivity index (χ3n) is 6.77. The summed E-state index contributed by atoms with van der Waals surface area (Å²) in [6.07, 6.45) is 15.1. The lowest BCUT2D eigenvalue weighted by Gasteiger charge is -2.34. The highest BCUT2D eigenvalue weighted by Gasteiger charge is 2.36. The second-order valence-electron chi connectivity index (χ2n) is 9.40. The molecule has 5 heteroatoms. The normalized spacial score (nSPS) is 14.5. The summed E-state index contributed by atoms with van der Waals surface area (Å²) in [5.74, 6) is -2.60. The van der Waals surface area contributed by atoms with Crippen LogP contribution in [0.4, 0.5) is 0 Å². The van der Waals surface area contributed by atoms with Gasteiger partial charge in [-0.05, 0) is 37.8 Å². The van der Waals surface area contributed by atoms with Gasteiger partial charge in [-0.1, -0.05) is 65.2 Å². The maximum Gasteiger partial charge on any atom is 0.336 e. The van der Waals surface area contributed by atoms with Gasteiger partial charge in [0, 0.05) is 16.7 Å². The van der Waals surface area contributed by atoms with Gasteiger partial charge in [-0.2, -0.15) is 0 Å². The van der Waals surface area contributed by atoms with E-state index in [4.69, 9.17) is 0 Å². The van der Waals surface area contributed by atoms with Gasteiger partial charge >= 0.3 is 5.97 Å².